The van der Waals surface area contributed by atoms with Crippen molar-refractivity contribution in [3.8, 4) is 0 Å². The van der Waals surface area contributed by atoms with Gasteiger partial charge in [-0.05, 0) is 49.4 Å². The summed E-state index contributed by atoms with van der Waals surface area (Å²) in [4.78, 5) is 2.38. The zero-order valence-electron chi connectivity index (χ0n) is 10.8. The minimum absolute atomic E-state index is 0.0925. The number of nitrogens with zero attached hydrogens (tertiary/aromatic N) is 1. The number of nitrogens with one attached hydrogen (secondary N) is 1. The van der Waals surface area contributed by atoms with E-state index in [1.807, 2.05) is 0 Å². The number of hydrogen-bond donors (Lipinski definition) is 2. The Morgan fingerprint density at radius 1 is 1.06 bits per heavy atom. The normalized spacial score (nSPS) is 25.6. The maximum atomic E-state index is 9.53. The van der Waals surface area contributed by atoms with Gasteiger partial charge in [-0.1, -0.05) is 12.1 Å². The maximum absolute atomic E-state index is 9.53. The van der Waals surface area contributed by atoms with Gasteiger partial charge in [0.1, 0.15) is 0 Å². The largest absolute Gasteiger partial charge is 0.393 e. The first-order chi connectivity index (χ1) is 8.83. The van der Waals surface area contributed by atoms with Gasteiger partial charge in [0.15, 0.2) is 0 Å². The van der Waals surface area contributed by atoms with Gasteiger partial charge in [-0.15, -0.1) is 0 Å². The van der Waals surface area contributed by atoms with Gasteiger partial charge in [-0.25, -0.2) is 0 Å². The summed E-state index contributed by atoms with van der Waals surface area (Å²) in [7, 11) is 0. The molecule has 1 aromatic rings. The van der Waals surface area contributed by atoms with Gasteiger partial charge in [0.05, 0.1) is 6.10 Å². The van der Waals surface area contributed by atoms with Crippen molar-refractivity contribution in [1.29, 1.82) is 0 Å². The third kappa shape index (κ3) is 2.52. The molecule has 2 heterocycles. The first-order valence-corrected chi connectivity index (χ1v) is 7.06. The molecule has 1 unspecified atom stereocenters. The summed E-state index contributed by atoms with van der Waals surface area (Å²) in [5.41, 5.74) is 2.76. The first-order valence-electron chi connectivity index (χ1n) is 7.06. The highest BCUT2D eigenvalue weighted by Gasteiger charge is 2.19. The Balaban J connectivity index is 1.67. The predicted molar refractivity (Wildman–Crippen MR) is 74.1 cm³/mol. The SMILES string of the molecule is OC1CCN(c2ccc(C3CCNC3)cc2)CC1. The molecule has 2 fully saturated rings. The van der Waals surface area contributed by atoms with Crippen molar-refractivity contribution in [1.82, 2.24) is 5.32 Å². The highest BCUT2D eigenvalue weighted by Crippen LogP contribution is 2.26. The van der Waals surface area contributed by atoms with E-state index >= 15 is 0 Å². The van der Waals surface area contributed by atoms with E-state index in [-0.39, 0.29) is 6.10 Å². The van der Waals surface area contributed by atoms with E-state index in [2.05, 4.69) is 34.5 Å². The van der Waals surface area contributed by atoms with Gasteiger partial charge >= 0.3 is 0 Å². The van der Waals surface area contributed by atoms with E-state index in [1.54, 1.807) is 0 Å². The highest BCUT2D eigenvalue weighted by molar-refractivity contribution is 5.48. The molecule has 0 radical (unpaired) electrons. The zero-order valence-corrected chi connectivity index (χ0v) is 10.8. The van der Waals surface area contributed by atoms with Crippen LogP contribution in [0, 0.1) is 0 Å². The monoisotopic (exact) mass is 246 g/mol. The molecule has 0 bridgehead atoms. The topological polar surface area (TPSA) is 35.5 Å². The molecule has 3 nitrogen and oxygen atoms in total. The van der Waals surface area contributed by atoms with Crippen molar-refractivity contribution >= 4 is 5.69 Å². The molecule has 3 rings (SSSR count). The lowest BCUT2D eigenvalue weighted by Gasteiger charge is -2.31. The van der Waals surface area contributed by atoms with E-state index < -0.39 is 0 Å². The fourth-order valence-corrected chi connectivity index (χ4v) is 3.02. The number of aliphatic hydroxyl groups is 1. The summed E-state index contributed by atoms with van der Waals surface area (Å²) in [5, 5.41) is 12.9. The summed E-state index contributed by atoms with van der Waals surface area (Å²) in [6.07, 6.45) is 2.96. The average molecular weight is 246 g/mol. The molecule has 0 aromatic heterocycles. The highest BCUT2D eigenvalue weighted by atomic mass is 16.3. The van der Waals surface area contributed by atoms with Crippen LogP contribution in [0.2, 0.25) is 0 Å². The predicted octanol–water partition coefficient (Wildman–Crippen LogP) is 1.72. The van der Waals surface area contributed by atoms with E-state index in [4.69, 9.17) is 0 Å². The van der Waals surface area contributed by atoms with Crippen LogP contribution in [0.1, 0.15) is 30.7 Å². The quantitative estimate of drug-likeness (QED) is 0.834. The van der Waals surface area contributed by atoms with Crippen LogP contribution in [-0.4, -0.2) is 37.4 Å². The Hall–Kier alpha value is -1.06. The van der Waals surface area contributed by atoms with E-state index in [0.717, 1.165) is 39.0 Å². The van der Waals surface area contributed by atoms with Crippen molar-refractivity contribution in [3.63, 3.8) is 0 Å². The van der Waals surface area contributed by atoms with Crippen molar-refractivity contribution < 1.29 is 5.11 Å². The van der Waals surface area contributed by atoms with Crippen molar-refractivity contribution in [2.24, 2.45) is 0 Å². The average Bonchev–Trinajstić information content (AvgIpc) is 2.94. The molecule has 3 heteroatoms. The summed E-state index contributed by atoms with van der Waals surface area (Å²) in [6.45, 7) is 4.22. The van der Waals surface area contributed by atoms with E-state index in [1.165, 1.54) is 17.7 Å². The van der Waals surface area contributed by atoms with Crippen LogP contribution in [0.4, 0.5) is 5.69 Å². The second-order valence-corrected chi connectivity index (χ2v) is 5.50. The Bertz CT molecular complexity index is 376. The third-order valence-electron chi connectivity index (χ3n) is 4.25. The molecule has 1 atom stereocenters. The van der Waals surface area contributed by atoms with Crippen molar-refractivity contribution in [2.75, 3.05) is 31.1 Å². The van der Waals surface area contributed by atoms with Gasteiger partial charge in [0.2, 0.25) is 0 Å². The van der Waals surface area contributed by atoms with E-state index in [0.29, 0.717) is 5.92 Å². The van der Waals surface area contributed by atoms with Gasteiger partial charge in [0.25, 0.3) is 0 Å². The molecule has 2 aliphatic rings. The fraction of sp³-hybridized carbons (Fsp3) is 0.600. The van der Waals surface area contributed by atoms with Crippen molar-refractivity contribution in [3.05, 3.63) is 29.8 Å². The van der Waals surface area contributed by atoms with Gasteiger partial charge < -0.3 is 15.3 Å². The zero-order chi connectivity index (χ0) is 12.4. The summed E-state index contributed by atoms with van der Waals surface area (Å²) < 4.78 is 0. The van der Waals surface area contributed by atoms with Crippen LogP contribution in [-0.2, 0) is 0 Å². The maximum Gasteiger partial charge on any atom is 0.0574 e. The second kappa shape index (κ2) is 5.29. The number of aliphatic hydroxyl groups excluding tert-OH is 1. The third-order valence-corrected chi connectivity index (χ3v) is 4.25. The van der Waals surface area contributed by atoms with Gasteiger partial charge in [0, 0.05) is 25.3 Å². The number of anilines is 1. The lowest BCUT2D eigenvalue weighted by atomic mass is 9.98. The molecule has 98 valence electrons. The molecular formula is C15H22N2O. The lowest BCUT2D eigenvalue weighted by Crippen LogP contribution is -2.35. The Morgan fingerprint density at radius 2 is 1.78 bits per heavy atom. The molecule has 18 heavy (non-hydrogen) atoms. The summed E-state index contributed by atoms with van der Waals surface area (Å²) in [5.74, 6) is 0.697. The molecule has 2 aliphatic heterocycles. The molecular weight excluding hydrogens is 224 g/mol. The molecule has 0 amide bonds. The molecule has 2 N–H and O–H groups in total. The van der Waals surface area contributed by atoms with Crippen LogP contribution >= 0.6 is 0 Å². The minimum Gasteiger partial charge on any atom is -0.393 e. The smallest absolute Gasteiger partial charge is 0.0574 e. The van der Waals surface area contributed by atoms with Crippen molar-refractivity contribution in [2.45, 2.75) is 31.3 Å². The molecule has 1 aromatic carbocycles. The Kier molecular flexibility index (Phi) is 3.52. The van der Waals surface area contributed by atoms with Crippen LogP contribution in [0.25, 0.3) is 0 Å². The summed E-state index contributed by atoms with van der Waals surface area (Å²) in [6, 6.07) is 9.03. The van der Waals surface area contributed by atoms with Gasteiger partial charge in [-0.2, -0.15) is 0 Å². The first kappa shape index (κ1) is 12.0. The summed E-state index contributed by atoms with van der Waals surface area (Å²) >= 11 is 0. The molecule has 0 aliphatic carbocycles. The number of piperidine rings is 1. The minimum atomic E-state index is -0.0925. The number of hydrogen-bond acceptors (Lipinski definition) is 3. The number of rotatable bonds is 2. The Morgan fingerprint density at radius 3 is 2.39 bits per heavy atom. The molecule has 2 saturated heterocycles. The second-order valence-electron chi connectivity index (χ2n) is 5.50. The molecule has 0 spiro atoms. The van der Waals surface area contributed by atoms with E-state index in [9.17, 15) is 5.11 Å². The Labute approximate surface area is 109 Å². The number of benzene rings is 1. The standard InChI is InChI=1S/C15H22N2O/c18-15-6-9-17(10-7-15)14-3-1-12(2-4-14)13-5-8-16-11-13/h1-4,13,15-16,18H,5-11H2. The van der Waals surface area contributed by atoms with Crippen LogP contribution < -0.4 is 10.2 Å². The van der Waals surface area contributed by atoms with Gasteiger partial charge in [-0.3, -0.25) is 0 Å². The van der Waals surface area contributed by atoms with Crippen LogP contribution in [0.3, 0.4) is 0 Å². The van der Waals surface area contributed by atoms with Crippen LogP contribution in [0.15, 0.2) is 24.3 Å². The van der Waals surface area contributed by atoms with Crippen LogP contribution in [0.5, 0.6) is 0 Å². The molecule has 0 saturated carbocycles. The lowest BCUT2D eigenvalue weighted by molar-refractivity contribution is 0.145. The fourth-order valence-electron chi connectivity index (χ4n) is 3.02.